The Balaban J connectivity index is 1.60. The molecule has 0 amide bonds. The Morgan fingerprint density at radius 1 is 1.18 bits per heavy atom. The number of rotatable bonds is 9. The summed E-state index contributed by atoms with van der Waals surface area (Å²) in [5, 5.41) is 13.9. The lowest BCUT2D eigenvalue weighted by atomic mass is 9.87. The van der Waals surface area contributed by atoms with Crippen LogP contribution in [0.1, 0.15) is 73.1 Å². The van der Waals surface area contributed by atoms with Gasteiger partial charge in [0.2, 0.25) is 5.95 Å². The molecule has 9 heteroatoms. The second-order valence-electron chi connectivity index (χ2n) is 13.0. The van der Waals surface area contributed by atoms with Gasteiger partial charge in [0, 0.05) is 42.5 Å². The first-order valence-corrected chi connectivity index (χ1v) is 14.1. The van der Waals surface area contributed by atoms with Crippen molar-refractivity contribution in [3.05, 3.63) is 59.3 Å². The van der Waals surface area contributed by atoms with E-state index in [0.29, 0.717) is 24.8 Å². The van der Waals surface area contributed by atoms with Crippen LogP contribution in [0.5, 0.6) is 0 Å². The number of likely N-dealkylation sites (tertiary alicyclic amines) is 1. The molecular weight excluding hydrogens is 504 g/mol. The van der Waals surface area contributed by atoms with Crippen molar-refractivity contribution >= 4 is 17.6 Å². The van der Waals surface area contributed by atoms with Gasteiger partial charge in [-0.25, -0.2) is 9.97 Å². The predicted molar refractivity (Wildman–Crippen MR) is 160 cm³/mol. The van der Waals surface area contributed by atoms with Crippen molar-refractivity contribution in [3.63, 3.8) is 0 Å². The minimum atomic E-state index is -1.06. The highest BCUT2D eigenvalue weighted by Crippen LogP contribution is 2.44. The molecule has 1 fully saturated rings. The zero-order chi connectivity index (χ0) is 29.3. The van der Waals surface area contributed by atoms with Crippen LogP contribution >= 0.6 is 0 Å². The number of pyridine rings is 1. The van der Waals surface area contributed by atoms with Crippen LogP contribution in [-0.2, 0) is 20.5 Å². The third-order valence-electron chi connectivity index (χ3n) is 7.22. The molecule has 2 atom stereocenters. The van der Waals surface area contributed by atoms with Gasteiger partial charge in [0.05, 0.1) is 23.7 Å². The lowest BCUT2D eigenvalue weighted by Gasteiger charge is -2.30. The molecule has 0 radical (unpaired) electrons. The summed E-state index contributed by atoms with van der Waals surface area (Å²) < 4.78 is 12.3. The number of fused-ring (bicyclic) bond motifs is 1. The van der Waals surface area contributed by atoms with E-state index in [4.69, 9.17) is 19.4 Å². The van der Waals surface area contributed by atoms with E-state index < -0.39 is 5.60 Å². The lowest BCUT2D eigenvalue weighted by Crippen LogP contribution is -2.37. The molecule has 2 N–H and O–H groups in total. The van der Waals surface area contributed by atoms with E-state index in [2.05, 4.69) is 54.8 Å². The number of nitrogens with zero attached hydrogens (tertiary/aromatic N) is 5. The van der Waals surface area contributed by atoms with E-state index >= 15 is 0 Å². The number of ether oxygens (including phenoxy) is 2. The summed E-state index contributed by atoms with van der Waals surface area (Å²) in [6.45, 7) is 19.0. The highest BCUT2D eigenvalue weighted by molar-refractivity contribution is 5.68. The van der Waals surface area contributed by atoms with E-state index in [1.165, 1.54) is 0 Å². The van der Waals surface area contributed by atoms with Gasteiger partial charge in [-0.1, -0.05) is 13.0 Å². The highest BCUT2D eigenvalue weighted by atomic mass is 16.5. The number of anilines is 3. The van der Waals surface area contributed by atoms with E-state index in [-0.39, 0.29) is 17.1 Å². The zero-order valence-electron chi connectivity index (χ0n) is 25.6. The Bertz CT molecular complexity index is 1260. The highest BCUT2D eigenvalue weighted by Gasteiger charge is 2.43. The second kappa shape index (κ2) is 11.5. The third-order valence-corrected chi connectivity index (χ3v) is 7.22. The molecule has 4 heterocycles. The minimum absolute atomic E-state index is 0.244. The Hall–Kier alpha value is -3.01. The average molecular weight is 551 g/mol. The van der Waals surface area contributed by atoms with Gasteiger partial charge in [0.15, 0.2) is 0 Å². The zero-order valence-corrected chi connectivity index (χ0v) is 25.6. The molecule has 218 valence electrons. The van der Waals surface area contributed by atoms with Crippen molar-refractivity contribution in [1.29, 1.82) is 0 Å². The number of aromatic nitrogens is 3. The maximum absolute atomic E-state index is 10.6. The summed E-state index contributed by atoms with van der Waals surface area (Å²) in [6.07, 6.45) is 7.15. The Morgan fingerprint density at radius 3 is 2.58 bits per heavy atom. The van der Waals surface area contributed by atoms with E-state index in [1.807, 2.05) is 50.4 Å². The van der Waals surface area contributed by atoms with Crippen molar-refractivity contribution in [1.82, 2.24) is 19.9 Å². The summed E-state index contributed by atoms with van der Waals surface area (Å²) in [5.74, 6) is 2.90. The van der Waals surface area contributed by atoms with Crippen molar-refractivity contribution < 1.29 is 14.6 Å². The number of allylic oxidation sites excluding steroid dienone is 4. The van der Waals surface area contributed by atoms with Crippen LogP contribution in [0.2, 0.25) is 0 Å². The van der Waals surface area contributed by atoms with Crippen LogP contribution in [-0.4, -0.2) is 70.0 Å². The summed E-state index contributed by atoms with van der Waals surface area (Å²) in [7, 11) is 2.12. The van der Waals surface area contributed by atoms with E-state index in [0.717, 1.165) is 48.2 Å². The third kappa shape index (κ3) is 7.38. The first-order chi connectivity index (χ1) is 18.6. The van der Waals surface area contributed by atoms with Crippen LogP contribution in [0.15, 0.2) is 48.0 Å². The number of hydrogen-bond acceptors (Lipinski definition) is 9. The molecule has 40 heavy (non-hydrogen) atoms. The molecule has 9 nitrogen and oxygen atoms in total. The fraction of sp³-hybridized carbons (Fsp3) is 0.581. The fourth-order valence-corrected chi connectivity index (χ4v) is 4.93. The molecule has 2 aromatic rings. The second-order valence-corrected chi connectivity index (χ2v) is 13.0. The van der Waals surface area contributed by atoms with Crippen LogP contribution in [0.4, 0.5) is 17.6 Å². The van der Waals surface area contributed by atoms with Gasteiger partial charge < -0.3 is 29.7 Å². The maximum atomic E-state index is 10.6. The van der Waals surface area contributed by atoms with Crippen LogP contribution in [0, 0.1) is 0 Å². The molecule has 0 saturated carbocycles. The summed E-state index contributed by atoms with van der Waals surface area (Å²) in [4.78, 5) is 18.8. The Labute approximate surface area is 239 Å². The summed E-state index contributed by atoms with van der Waals surface area (Å²) >= 11 is 0. The number of likely N-dealkylation sites (N-methyl/N-ethyl adjacent to an activating group) is 1. The Kier molecular flexibility index (Phi) is 8.59. The molecule has 4 rings (SSSR count). The first-order valence-electron chi connectivity index (χ1n) is 14.1. The van der Waals surface area contributed by atoms with Crippen LogP contribution in [0.25, 0.3) is 0 Å². The molecule has 0 spiro atoms. The standard InChI is InChI=1S/C31H46N6O3/c1-21(13-14-22(2)40-23-15-16-36(9)18-23)33-28-32-17-24-27(35-28)37(19-31(24,8)20-39-29(3,4)5)26-12-10-11-25(34-26)30(6,7)38/h10-14,17,23,38H,15-16,18-20H2,1-9H3,(H,32,33,35)/b21-13+,22-14+/t23-,31-/m0/s1. The molecule has 0 aliphatic carbocycles. The van der Waals surface area contributed by atoms with E-state index in [1.54, 1.807) is 13.8 Å². The van der Waals surface area contributed by atoms with Gasteiger partial charge in [-0.2, -0.15) is 4.98 Å². The quantitative estimate of drug-likeness (QED) is 0.320. The topological polar surface area (TPSA) is 95.9 Å². The van der Waals surface area contributed by atoms with Gasteiger partial charge in [-0.15, -0.1) is 0 Å². The monoisotopic (exact) mass is 550 g/mol. The molecule has 2 aromatic heterocycles. The van der Waals surface area contributed by atoms with Gasteiger partial charge in [-0.3, -0.25) is 0 Å². The number of nitrogens with one attached hydrogen (secondary N) is 1. The van der Waals surface area contributed by atoms with Crippen LogP contribution < -0.4 is 10.2 Å². The number of aliphatic hydroxyl groups is 1. The summed E-state index contributed by atoms with van der Waals surface area (Å²) in [6, 6.07) is 5.71. The van der Waals surface area contributed by atoms with Crippen molar-refractivity contribution in [2.24, 2.45) is 0 Å². The fourth-order valence-electron chi connectivity index (χ4n) is 4.93. The Morgan fingerprint density at radius 2 is 1.93 bits per heavy atom. The smallest absolute Gasteiger partial charge is 0.228 e. The molecule has 2 aliphatic heterocycles. The molecule has 2 aliphatic rings. The van der Waals surface area contributed by atoms with Gasteiger partial charge >= 0.3 is 0 Å². The lowest BCUT2D eigenvalue weighted by molar-refractivity contribution is -0.0252. The predicted octanol–water partition coefficient (Wildman–Crippen LogP) is 5.26. The van der Waals surface area contributed by atoms with Gasteiger partial charge in [-0.05, 0) is 86.2 Å². The van der Waals surface area contributed by atoms with Crippen LogP contribution in [0.3, 0.4) is 0 Å². The maximum Gasteiger partial charge on any atom is 0.228 e. The van der Waals surface area contributed by atoms with Crippen molar-refractivity contribution in [2.75, 3.05) is 43.5 Å². The molecule has 0 aromatic carbocycles. The largest absolute Gasteiger partial charge is 0.494 e. The number of hydrogen-bond donors (Lipinski definition) is 2. The SMILES string of the molecule is C/C(=C\C=C(/C)O[C@H]1CCN(C)C1)Nc1ncc2c(n1)N(c1cccc(C(C)(C)O)n1)C[C@@]2(C)COC(C)(C)C. The molecular formula is C31H46N6O3. The first kappa shape index (κ1) is 30.0. The average Bonchev–Trinajstić information content (AvgIpc) is 3.41. The normalized spacial score (nSPS) is 22.6. The molecule has 0 unspecified atom stereocenters. The van der Waals surface area contributed by atoms with Crippen molar-refractivity contribution in [3.8, 4) is 0 Å². The van der Waals surface area contributed by atoms with Gasteiger partial charge in [0.25, 0.3) is 0 Å². The van der Waals surface area contributed by atoms with Gasteiger partial charge in [0.1, 0.15) is 23.3 Å². The summed E-state index contributed by atoms with van der Waals surface area (Å²) in [5.41, 5.74) is 0.834. The van der Waals surface area contributed by atoms with E-state index in [9.17, 15) is 5.11 Å². The molecule has 1 saturated heterocycles. The molecule has 0 bridgehead atoms. The van der Waals surface area contributed by atoms with Crippen molar-refractivity contribution in [2.45, 2.75) is 84.5 Å². The minimum Gasteiger partial charge on any atom is -0.494 e.